The molecule has 11 heteroatoms. The molecule has 45 heavy (non-hydrogen) atoms. The average molecular weight is 606 g/mol. The van der Waals surface area contributed by atoms with E-state index in [4.69, 9.17) is 0 Å². The van der Waals surface area contributed by atoms with Crippen LogP contribution in [0.5, 0.6) is 0 Å². The van der Waals surface area contributed by atoms with E-state index in [-0.39, 0.29) is 29.1 Å². The monoisotopic (exact) mass is 605 g/mol. The van der Waals surface area contributed by atoms with Crippen LogP contribution in [0.3, 0.4) is 0 Å². The van der Waals surface area contributed by atoms with Gasteiger partial charge in [0.15, 0.2) is 0 Å². The predicted octanol–water partition coefficient (Wildman–Crippen LogP) is 3.85. The van der Waals surface area contributed by atoms with E-state index in [9.17, 15) is 29.3 Å². The fraction of sp³-hybridized carbons (Fsp3) is 0.294. The molecule has 0 radical (unpaired) electrons. The minimum atomic E-state index is -0.559. The SMILES string of the molecule is CC(CNCCNCC(C)N1C(=O)c2ccc3c4c(ccc(c24)C1=O)CC3)N1C(=O)c2cccc3cc([N+](=O)[O-])cc(c23)C1=O. The number of amides is 4. The normalized spacial score (nSPS) is 16.7. The Balaban J connectivity index is 0.952. The highest BCUT2D eigenvalue weighted by molar-refractivity contribution is 6.27. The molecule has 0 spiro atoms. The summed E-state index contributed by atoms with van der Waals surface area (Å²) in [4.78, 5) is 67.1. The molecule has 3 aliphatic rings. The average Bonchev–Trinajstić information content (AvgIpc) is 3.45. The topological polar surface area (TPSA) is 142 Å². The minimum absolute atomic E-state index is 0.145. The van der Waals surface area contributed by atoms with Crippen molar-refractivity contribution in [2.75, 3.05) is 26.2 Å². The smallest absolute Gasteiger partial charge is 0.270 e. The van der Waals surface area contributed by atoms with Crippen molar-refractivity contribution in [1.82, 2.24) is 20.4 Å². The Labute approximate surface area is 258 Å². The number of non-ortho nitro benzene ring substituents is 1. The molecule has 2 atom stereocenters. The highest BCUT2D eigenvalue weighted by Crippen LogP contribution is 2.39. The summed E-state index contributed by atoms with van der Waals surface area (Å²) in [6.07, 6.45) is 1.85. The van der Waals surface area contributed by atoms with E-state index in [1.807, 2.05) is 31.2 Å². The lowest BCUT2D eigenvalue weighted by Gasteiger charge is -2.32. The van der Waals surface area contributed by atoms with Crippen molar-refractivity contribution in [3.05, 3.63) is 98.1 Å². The van der Waals surface area contributed by atoms with Gasteiger partial charge in [0.25, 0.3) is 29.3 Å². The number of carbonyl (C=O) groups excluding carboxylic acids is 4. The Morgan fingerprint density at radius 1 is 0.689 bits per heavy atom. The van der Waals surface area contributed by atoms with Gasteiger partial charge in [0.2, 0.25) is 0 Å². The van der Waals surface area contributed by atoms with Crippen molar-refractivity contribution < 1.29 is 24.1 Å². The molecular weight excluding hydrogens is 574 g/mol. The third kappa shape index (κ3) is 4.49. The molecule has 2 unspecified atom stereocenters. The summed E-state index contributed by atoms with van der Waals surface area (Å²) in [5.74, 6) is -1.54. The van der Waals surface area contributed by atoms with Gasteiger partial charge in [-0.3, -0.25) is 39.1 Å². The first-order valence-electron chi connectivity index (χ1n) is 15.1. The van der Waals surface area contributed by atoms with Crippen LogP contribution in [0.2, 0.25) is 0 Å². The lowest BCUT2D eigenvalue weighted by Crippen LogP contribution is -2.51. The maximum atomic E-state index is 13.5. The zero-order chi connectivity index (χ0) is 31.6. The fourth-order valence-electron chi connectivity index (χ4n) is 7.04. The Bertz CT molecular complexity index is 1930. The number of hydrogen-bond donors (Lipinski definition) is 2. The van der Waals surface area contributed by atoms with E-state index in [1.165, 1.54) is 28.2 Å². The van der Waals surface area contributed by atoms with Crippen molar-refractivity contribution in [2.45, 2.75) is 38.8 Å². The highest BCUT2D eigenvalue weighted by Gasteiger charge is 2.38. The van der Waals surface area contributed by atoms with Crippen molar-refractivity contribution >= 4 is 50.9 Å². The van der Waals surface area contributed by atoms with Crippen LogP contribution in [0.4, 0.5) is 5.69 Å². The second-order valence-electron chi connectivity index (χ2n) is 12.0. The number of rotatable bonds is 10. The molecule has 0 saturated carbocycles. The largest absolute Gasteiger partial charge is 0.313 e. The molecule has 0 fully saturated rings. The van der Waals surface area contributed by atoms with Crippen LogP contribution < -0.4 is 10.6 Å². The van der Waals surface area contributed by atoms with Gasteiger partial charge in [0.05, 0.1) is 10.5 Å². The van der Waals surface area contributed by atoms with E-state index in [0.29, 0.717) is 53.6 Å². The Hall–Kier alpha value is -5.00. The molecule has 2 N–H and O–H groups in total. The molecule has 2 heterocycles. The Morgan fingerprint density at radius 3 is 1.73 bits per heavy atom. The number of benzene rings is 4. The number of nitro groups is 1. The van der Waals surface area contributed by atoms with Crippen molar-refractivity contribution in [3.63, 3.8) is 0 Å². The summed E-state index contributed by atoms with van der Waals surface area (Å²) in [6, 6.07) is 14.4. The van der Waals surface area contributed by atoms with Gasteiger partial charge in [-0.15, -0.1) is 0 Å². The second kappa shape index (κ2) is 10.9. The summed E-state index contributed by atoms with van der Waals surface area (Å²) in [5, 5.41) is 20.8. The zero-order valence-corrected chi connectivity index (χ0v) is 24.9. The van der Waals surface area contributed by atoms with Crippen LogP contribution in [-0.4, -0.2) is 76.6 Å². The number of nitrogens with zero attached hydrogens (tertiary/aromatic N) is 3. The maximum Gasteiger partial charge on any atom is 0.270 e. The Morgan fingerprint density at radius 2 is 1.20 bits per heavy atom. The summed E-state index contributed by atoms with van der Waals surface area (Å²) in [6.45, 7) is 5.31. The van der Waals surface area contributed by atoms with Gasteiger partial charge in [-0.05, 0) is 66.8 Å². The number of nitro benzene ring substituents is 1. The minimum Gasteiger partial charge on any atom is -0.313 e. The van der Waals surface area contributed by atoms with Crippen LogP contribution in [-0.2, 0) is 12.8 Å². The van der Waals surface area contributed by atoms with E-state index in [0.717, 1.165) is 28.5 Å². The van der Waals surface area contributed by atoms with Gasteiger partial charge in [-0.1, -0.05) is 24.3 Å². The predicted molar refractivity (Wildman–Crippen MR) is 168 cm³/mol. The molecule has 4 aromatic carbocycles. The third-order valence-corrected chi connectivity index (χ3v) is 9.21. The van der Waals surface area contributed by atoms with Gasteiger partial charge in [0.1, 0.15) is 0 Å². The van der Waals surface area contributed by atoms with Gasteiger partial charge in [-0.2, -0.15) is 0 Å². The standard InChI is InChI=1S/C34H31N5O6/c1-18(37-32(41)25-10-8-20-6-7-21-9-11-26(33(37)42)30(25)28(20)21)16-35-12-13-36-17-19(2)38-31(40)24-5-3-4-22-14-23(39(44)45)15-27(29(22)24)34(38)43/h3-5,8-11,14-15,18-19,35-36H,6-7,12-13,16-17H2,1-2H3. The van der Waals surface area contributed by atoms with Crippen molar-refractivity contribution in [3.8, 4) is 0 Å². The van der Waals surface area contributed by atoms with Crippen molar-refractivity contribution in [2.24, 2.45) is 0 Å². The zero-order valence-electron chi connectivity index (χ0n) is 24.9. The summed E-state index contributed by atoms with van der Waals surface area (Å²) in [5.41, 5.74) is 3.81. The summed E-state index contributed by atoms with van der Waals surface area (Å²) in [7, 11) is 0. The second-order valence-corrected chi connectivity index (χ2v) is 12.0. The first kappa shape index (κ1) is 28.8. The molecule has 4 amide bonds. The number of imide groups is 2. The molecule has 11 nitrogen and oxygen atoms in total. The van der Waals surface area contributed by atoms with Crippen LogP contribution in [0.15, 0.2) is 54.6 Å². The lowest BCUT2D eigenvalue weighted by molar-refractivity contribution is -0.384. The third-order valence-electron chi connectivity index (χ3n) is 9.21. The van der Waals surface area contributed by atoms with Gasteiger partial charge in [-0.25, -0.2) is 0 Å². The molecule has 0 saturated heterocycles. The number of nitrogens with one attached hydrogen (secondary N) is 2. The highest BCUT2D eigenvalue weighted by atomic mass is 16.6. The summed E-state index contributed by atoms with van der Waals surface area (Å²) < 4.78 is 0. The molecular formula is C34H31N5O6. The van der Waals surface area contributed by atoms with Crippen molar-refractivity contribution in [1.29, 1.82) is 0 Å². The van der Waals surface area contributed by atoms with Gasteiger partial charge < -0.3 is 10.6 Å². The molecule has 0 bridgehead atoms. The van der Waals surface area contributed by atoms with Crippen LogP contribution in [0, 0.1) is 10.1 Å². The molecule has 0 aromatic heterocycles. The van der Waals surface area contributed by atoms with E-state index < -0.39 is 22.8 Å². The lowest BCUT2D eigenvalue weighted by atomic mass is 9.90. The number of hydrogen-bond acceptors (Lipinski definition) is 8. The fourth-order valence-corrected chi connectivity index (χ4v) is 7.04. The molecule has 7 rings (SSSR count). The van der Waals surface area contributed by atoms with Crippen LogP contribution in [0.1, 0.15) is 66.4 Å². The van der Waals surface area contributed by atoms with Gasteiger partial charge in [0, 0.05) is 77.9 Å². The molecule has 228 valence electrons. The van der Waals surface area contributed by atoms with Gasteiger partial charge >= 0.3 is 0 Å². The number of carbonyl (C=O) groups is 4. The van der Waals surface area contributed by atoms with E-state index in [2.05, 4.69) is 10.6 Å². The molecule has 4 aromatic rings. The first-order chi connectivity index (χ1) is 21.7. The van der Waals surface area contributed by atoms with E-state index >= 15 is 0 Å². The van der Waals surface area contributed by atoms with Crippen LogP contribution in [0.25, 0.3) is 21.5 Å². The molecule has 1 aliphatic carbocycles. The quantitative estimate of drug-likeness (QED) is 0.120. The molecule has 2 aliphatic heterocycles. The maximum absolute atomic E-state index is 13.5. The van der Waals surface area contributed by atoms with Crippen LogP contribution >= 0.6 is 0 Å². The van der Waals surface area contributed by atoms with E-state index in [1.54, 1.807) is 25.1 Å². The first-order valence-corrected chi connectivity index (χ1v) is 15.1. The Kier molecular flexibility index (Phi) is 6.94. The number of aryl methyl sites for hydroxylation is 2. The summed E-state index contributed by atoms with van der Waals surface area (Å²) >= 11 is 0.